The van der Waals surface area contributed by atoms with Gasteiger partial charge < -0.3 is 14.3 Å². The lowest BCUT2D eigenvalue weighted by atomic mass is 10.1. The van der Waals surface area contributed by atoms with E-state index in [0.717, 1.165) is 39.6 Å². The molecule has 0 spiro atoms. The van der Waals surface area contributed by atoms with Crippen LogP contribution in [0.25, 0.3) is 22.2 Å². The number of unbranched alkanes of at least 4 members (excludes halogenated alkanes) is 1. The number of halogens is 2. The number of benzene rings is 2. The van der Waals surface area contributed by atoms with Gasteiger partial charge in [0.2, 0.25) is 0 Å². The van der Waals surface area contributed by atoms with E-state index >= 15 is 0 Å². The summed E-state index contributed by atoms with van der Waals surface area (Å²) in [6, 6.07) is 12.5. The normalized spacial score (nSPS) is 11.2. The molecule has 2 heterocycles. The van der Waals surface area contributed by atoms with Crippen molar-refractivity contribution in [2.75, 3.05) is 6.61 Å². The maximum atomic E-state index is 12.6. The number of nitro groups is 1. The highest BCUT2D eigenvalue weighted by atomic mass is 79.9. The number of H-pyrrole nitrogens is 1. The quantitative estimate of drug-likeness (QED) is 0.136. The number of ether oxygens (including phenoxy) is 1. The lowest BCUT2D eigenvalue weighted by molar-refractivity contribution is -0.384. The predicted molar refractivity (Wildman–Crippen MR) is 139 cm³/mol. The Labute approximate surface area is 215 Å². The molecular formula is C25H24BrClN4O4. The maximum Gasteiger partial charge on any atom is 0.358 e. The molecule has 8 nitrogen and oxygen atoms in total. The fraction of sp³-hybridized carbons (Fsp3) is 0.280. The molecule has 0 aliphatic heterocycles. The van der Waals surface area contributed by atoms with Crippen LogP contribution >= 0.6 is 27.5 Å². The van der Waals surface area contributed by atoms with Crippen molar-refractivity contribution in [1.82, 2.24) is 14.5 Å². The summed E-state index contributed by atoms with van der Waals surface area (Å²) < 4.78 is 7.77. The number of carbonyl (C=O) groups excluding carboxylic acids is 1. The minimum absolute atomic E-state index is 0.0210. The zero-order chi connectivity index (χ0) is 25.1. The predicted octanol–water partition coefficient (Wildman–Crippen LogP) is 6.92. The van der Waals surface area contributed by atoms with Gasteiger partial charge >= 0.3 is 5.97 Å². The van der Waals surface area contributed by atoms with Crippen molar-refractivity contribution < 1.29 is 14.5 Å². The van der Waals surface area contributed by atoms with Gasteiger partial charge in [-0.15, -0.1) is 0 Å². The number of carbonyl (C=O) groups is 1. The lowest BCUT2D eigenvalue weighted by Gasteiger charge is -2.12. The van der Waals surface area contributed by atoms with Gasteiger partial charge in [0.05, 0.1) is 27.3 Å². The molecule has 0 atom stereocenters. The number of fused-ring (bicyclic) bond motifs is 1. The summed E-state index contributed by atoms with van der Waals surface area (Å²) >= 11 is 9.99. The highest BCUT2D eigenvalue weighted by Gasteiger charge is 2.24. The molecule has 2 aromatic carbocycles. The lowest BCUT2D eigenvalue weighted by Crippen LogP contribution is -2.15. The summed E-state index contributed by atoms with van der Waals surface area (Å²) in [5, 5.41) is 12.5. The van der Waals surface area contributed by atoms with Crippen molar-refractivity contribution >= 4 is 50.1 Å². The molecule has 4 rings (SSSR count). The number of esters is 1. The molecule has 35 heavy (non-hydrogen) atoms. The van der Waals surface area contributed by atoms with Crippen molar-refractivity contribution in [3.8, 4) is 11.3 Å². The summed E-state index contributed by atoms with van der Waals surface area (Å²) in [4.78, 5) is 31.5. The standard InChI is InChI=1S/C25H24BrClN4O4/c1-3-5-10-20-29-24(27)23(25(32)35-4-2)30(20)14-15-11-12-18-17(13-15)21(26)22(28-18)16-8-6-7-9-19(16)31(33)34/h6-9,11-13,28H,3-5,10,14H2,1-2H3. The molecule has 0 bridgehead atoms. The Hall–Kier alpha value is -3.17. The number of nitro benzene ring substituents is 1. The van der Waals surface area contributed by atoms with Crippen LogP contribution in [-0.2, 0) is 17.7 Å². The first kappa shape index (κ1) is 24.9. The van der Waals surface area contributed by atoms with Crippen LogP contribution in [0.4, 0.5) is 5.69 Å². The van der Waals surface area contributed by atoms with Crippen LogP contribution in [0.3, 0.4) is 0 Å². The van der Waals surface area contributed by atoms with E-state index in [-0.39, 0.29) is 23.1 Å². The van der Waals surface area contributed by atoms with Gasteiger partial charge in [-0.25, -0.2) is 9.78 Å². The number of hydrogen-bond donors (Lipinski definition) is 1. The Balaban J connectivity index is 1.77. The van der Waals surface area contributed by atoms with Crippen molar-refractivity contribution in [1.29, 1.82) is 0 Å². The first-order chi connectivity index (χ1) is 16.8. The van der Waals surface area contributed by atoms with Gasteiger partial charge in [0, 0.05) is 29.9 Å². The number of imidazole rings is 1. The molecule has 4 aromatic rings. The second-order valence-electron chi connectivity index (χ2n) is 8.05. The second-order valence-corrected chi connectivity index (χ2v) is 9.20. The van der Waals surface area contributed by atoms with Gasteiger partial charge in [-0.05, 0) is 53.0 Å². The fourth-order valence-electron chi connectivity index (χ4n) is 4.07. The van der Waals surface area contributed by atoms with Crippen LogP contribution in [0.1, 0.15) is 48.6 Å². The summed E-state index contributed by atoms with van der Waals surface area (Å²) in [7, 11) is 0. The molecule has 182 valence electrons. The molecule has 10 heteroatoms. The van der Waals surface area contributed by atoms with Gasteiger partial charge in [-0.2, -0.15) is 0 Å². The van der Waals surface area contributed by atoms with Crippen LogP contribution < -0.4 is 0 Å². The van der Waals surface area contributed by atoms with Crippen molar-refractivity contribution in [3.05, 3.63) is 79.3 Å². The van der Waals surface area contributed by atoms with Crippen LogP contribution in [0.2, 0.25) is 5.15 Å². The Morgan fingerprint density at radius 1 is 1.26 bits per heavy atom. The van der Waals surface area contributed by atoms with Gasteiger partial charge in [0.15, 0.2) is 10.8 Å². The second kappa shape index (κ2) is 10.6. The summed E-state index contributed by atoms with van der Waals surface area (Å²) in [6.45, 7) is 4.45. The Bertz CT molecular complexity index is 1410. The highest BCUT2D eigenvalue weighted by molar-refractivity contribution is 9.10. The van der Waals surface area contributed by atoms with Crippen molar-refractivity contribution in [2.24, 2.45) is 0 Å². The molecule has 0 saturated heterocycles. The van der Waals surface area contributed by atoms with Gasteiger partial charge in [0.1, 0.15) is 5.82 Å². The molecule has 0 saturated carbocycles. The minimum atomic E-state index is -0.504. The van der Waals surface area contributed by atoms with E-state index in [1.807, 2.05) is 22.8 Å². The fourth-order valence-corrected chi connectivity index (χ4v) is 4.99. The molecule has 0 fully saturated rings. The monoisotopic (exact) mass is 558 g/mol. The minimum Gasteiger partial charge on any atom is -0.461 e. The van der Waals surface area contributed by atoms with E-state index in [9.17, 15) is 14.9 Å². The number of nitrogens with one attached hydrogen (secondary N) is 1. The summed E-state index contributed by atoms with van der Waals surface area (Å²) in [5.74, 6) is 0.226. The summed E-state index contributed by atoms with van der Waals surface area (Å²) in [5.41, 5.74) is 3.14. The summed E-state index contributed by atoms with van der Waals surface area (Å²) in [6.07, 6.45) is 2.58. The molecule has 0 radical (unpaired) electrons. The topological polar surface area (TPSA) is 103 Å². The average Bonchev–Trinajstić information content (AvgIpc) is 3.33. The first-order valence-corrected chi connectivity index (χ1v) is 12.5. The van der Waals surface area contributed by atoms with Gasteiger partial charge in [-0.1, -0.05) is 43.1 Å². The first-order valence-electron chi connectivity index (χ1n) is 11.3. The van der Waals surface area contributed by atoms with Crippen LogP contribution in [0.5, 0.6) is 0 Å². The SMILES string of the molecule is CCCCc1nc(Cl)c(C(=O)OCC)n1Cc1ccc2[nH]c(-c3ccccc3[N+](=O)[O-])c(Br)c2c1. The van der Waals surface area contributed by atoms with E-state index in [0.29, 0.717) is 24.2 Å². The smallest absolute Gasteiger partial charge is 0.358 e. The zero-order valence-electron chi connectivity index (χ0n) is 19.3. The number of rotatable bonds is 9. The van der Waals surface area contributed by atoms with E-state index in [2.05, 4.69) is 32.8 Å². The number of aromatic nitrogens is 3. The van der Waals surface area contributed by atoms with E-state index in [1.54, 1.807) is 25.1 Å². The van der Waals surface area contributed by atoms with Gasteiger partial charge in [-0.3, -0.25) is 10.1 Å². The maximum absolute atomic E-state index is 12.6. The third kappa shape index (κ3) is 4.97. The zero-order valence-corrected chi connectivity index (χ0v) is 21.6. The Morgan fingerprint density at radius 3 is 2.74 bits per heavy atom. The molecule has 0 unspecified atom stereocenters. The third-order valence-corrected chi connectivity index (χ3v) is 6.82. The van der Waals surface area contributed by atoms with E-state index in [4.69, 9.17) is 16.3 Å². The third-order valence-electron chi connectivity index (χ3n) is 5.74. The van der Waals surface area contributed by atoms with Crippen molar-refractivity contribution in [3.63, 3.8) is 0 Å². The van der Waals surface area contributed by atoms with Gasteiger partial charge in [0.25, 0.3) is 5.69 Å². The molecule has 0 aliphatic carbocycles. The molecule has 1 N–H and O–H groups in total. The number of aryl methyl sites for hydroxylation is 1. The Morgan fingerprint density at radius 2 is 2.03 bits per heavy atom. The van der Waals surface area contributed by atoms with Crippen LogP contribution in [0, 0.1) is 10.1 Å². The largest absolute Gasteiger partial charge is 0.461 e. The molecule has 0 amide bonds. The number of nitrogens with zero attached hydrogens (tertiary/aromatic N) is 3. The average molecular weight is 560 g/mol. The molecule has 0 aliphatic rings. The number of para-hydroxylation sites is 1. The number of aromatic amines is 1. The van der Waals surface area contributed by atoms with E-state index in [1.165, 1.54) is 6.07 Å². The van der Waals surface area contributed by atoms with Crippen LogP contribution in [0.15, 0.2) is 46.9 Å². The van der Waals surface area contributed by atoms with Crippen LogP contribution in [-0.4, -0.2) is 32.0 Å². The Kier molecular flexibility index (Phi) is 7.57. The highest BCUT2D eigenvalue weighted by Crippen LogP contribution is 2.39. The van der Waals surface area contributed by atoms with E-state index < -0.39 is 10.9 Å². The molecule has 2 aromatic heterocycles. The van der Waals surface area contributed by atoms with Crippen molar-refractivity contribution in [2.45, 2.75) is 39.7 Å². The molecular weight excluding hydrogens is 536 g/mol. The number of hydrogen-bond acceptors (Lipinski definition) is 5.